The first-order valence-electron chi connectivity index (χ1n) is 9.05. The molecular formula is C21H24N4OS. The van der Waals surface area contributed by atoms with E-state index in [-0.39, 0.29) is 17.8 Å². The molecule has 27 heavy (non-hydrogen) atoms. The minimum absolute atomic E-state index is 0.0150. The fourth-order valence-corrected chi connectivity index (χ4v) is 3.72. The van der Waals surface area contributed by atoms with Gasteiger partial charge in [-0.15, -0.1) is 0 Å². The monoisotopic (exact) mass is 380 g/mol. The Bertz CT molecular complexity index is 1040. The maximum absolute atomic E-state index is 12.8. The SMILES string of the molecule is CC(C)n1sc(=NC(=Nc2ccccc2)c2ccccc2)n(C(C)C)c1=O. The lowest BCUT2D eigenvalue weighted by atomic mass is 10.2. The molecule has 0 fully saturated rings. The average Bonchev–Trinajstić information content (AvgIpc) is 2.99. The van der Waals surface area contributed by atoms with E-state index >= 15 is 0 Å². The van der Waals surface area contributed by atoms with Crippen molar-refractivity contribution in [2.24, 2.45) is 9.98 Å². The minimum atomic E-state index is -0.0316. The van der Waals surface area contributed by atoms with Crippen LogP contribution in [0.15, 0.2) is 75.4 Å². The van der Waals surface area contributed by atoms with Crippen LogP contribution in [0.1, 0.15) is 45.3 Å². The van der Waals surface area contributed by atoms with Crippen LogP contribution in [0.2, 0.25) is 0 Å². The molecule has 2 aromatic carbocycles. The Balaban J connectivity index is 2.25. The van der Waals surface area contributed by atoms with Crippen LogP contribution in [0.5, 0.6) is 0 Å². The van der Waals surface area contributed by atoms with Gasteiger partial charge in [-0.25, -0.2) is 13.7 Å². The van der Waals surface area contributed by atoms with E-state index < -0.39 is 0 Å². The second-order valence-corrected chi connectivity index (χ2v) is 7.73. The number of rotatable bonds is 4. The van der Waals surface area contributed by atoms with Crippen LogP contribution in [0.4, 0.5) is 5.69 Å². The predicted octanol–water partition coefficient (Wildman–Crippen LogP) is 4.55. The maximum Gasteiger partial charge on any atom is 0.340 e. The van der Waals surface area contributed by atoms with E-state index in [2.05, 4.69) is 0 Å². The van der Waals surface area contributed by atoms with Crippen molar-refractivity contribution in [1.29, 1.82) is 0 Å². The van der Waals surface area contributed by atoms with Crippen molar-refractivity contribution < 1.29 is 0 Å². The van der Waals surface area contributed by atoms with Crippen molar-refractivity contribution in [3.05, 3.63) is 81.5 Å². The van der Waals surface area contributed by atoms with Crippen molar-refractivity contribution in [2.75, 3.05) is 0 Å². The van der Waals surface area contributed by atoms with E-state index in [1.165, 1.54) is 11.5 Å². The summed E-state index contributed by atoms with van der Waals surface area (Å²) in [6, 6.07) is 19.7. The summed E-state index contributed by atoms with van der Waals surface area (Å²) in [5.41, 5.74) is 1.70. The molecule has 0 saturated heterocycles. The van der Waals surface area contributed by atoms with Gasteiger partial charge in [0.25, 0.3) is 0 Å². The normalized spacial score (nSPS) is 13.0. The molecule has 140 valence electrons. The number of hydrogen-bond acceptors (Lipinski definition) is 3. The molecule has 0 atom stereocenters. The van der Waals surface area contributed by atoms with Crippen LogP contribution in [0.3, 0.4) is 0 Å². The van der Waals surface area contributed by atoms with Crippen molar-refractivity contribution in [3.63, 3.8) is 0 Å². The molecule has 6 heteroatoms. The summed E-state index contributed by atoms with van der Waals surface area (Å²) in [5.74, 6) is 0.591. The summed E-state index contributed by atoms with van der Waals surface area (Å²) in [6.07, 6.45) is 0. The van der Waals surface area contributed by atoms with Crippen molar-refractivity contribution >= 4 is 23.1 Å². The fraction of sp³-hybridized carbons (Fsp3) is 0.286. The highest BCUT2D eigenvalue weighted by Gasteiger charge is 2.14. The van der Waals surface area contributed by atoms with Crippen LogP contribution in [0.25, 0.3) is 0 Å². The lowest BCUT2D eigenvalue weighted by Crippen LogP contribution is -2.32. The summed E-state index contributed by atoms with van der Waals surface area (Å²) < 4.78 is 3.48. The third-order valence-electron chi connectivity index (χ3n) is 3.99. The maximum atomic E-state index is 12.8. The predicted molar refractivity (Wildman–Crippen MR) is 112 cm³/mol. The van der Waals surface area contributed by atoms with Gasteiger partial charge in [0, 0.05) is 17.6 Å². The first kappa shape index (κ1) is 19.0. The summed E-state index contributed by atoms with van der Waals surface area (Å²) in [4.78, 5) is 23.0. The lowest BCUT2D eigenvalue weighted by Gasteiger charge is -2.06. The highest BCUT2D eigenvalue weighted by atomic mass is 32.1. The summed E-state index contributed by atoms with van der Waals surface area (Å²) in [7, 11) is 0. The van der Waals surface area contributed by atoms with Gasteiger partial charge in [0.1, 0.15) is 0 Å². The van der Waals surface area contributed by atoms with Gasteiger partial charge in [0.05, 0.1) is 5.69 Å². The lowest BCUT2D eigenvalue weighted by molar-refractivity contribution is 0.520. The van der Waals surface area contributed by atoms with Crippen LogP contribution in [-0.2, 0) is 0 Å². The number of para-hydroxylation sites is 1. The third kappa shape index (κ3) is 4.34. The number of amidine groups is 1. The molecule has 5 nitrogen and oxygen atoms in total. The zero-order valence-electron chi connectivity index (χ0n) is 16.0. The molecular weight excluding hydrogens is 356 g/mol. The average molecular weight is 381 g/mol. The number of nitrogens with zero attached hydrogens (tertiary/aromatic N) is 4. The molecule has 3 aromatic rings. The topological polar surface area (TPSA) is 51.6 Å². The first-order chi connectivity index (χ1) is 13.0. The number of hydrogen-bond donors (Lipinski definition) is 0. The number of benzene rings is 2. The molecule has 1 heterocycles. The van der Waals surface area contributed by atoms with E-state index in [4.69, 9.17) is 9.98 Å². The number of aromatic nitrogens is 2. The van der Waals surface area contributed by atoms with Crippen molar-refractivity contribution in [2.45, 2.75) is 39.8 Å². The molecule has 3 rings (SSSR count). The van der Waals surface area contributed by atoms with Crippen LogP contribution < -0.4 is 10.5 Å². The second-order valence-electron chi connectivity index (χ2n) is 6.79. The Kier molecular flexibility index (Phi) is 5.86. The highest BCUT2D eigenvalue weighted by molar-refractivity contribution is 7.03. The summed E-state index contributed by atoms with van der Waals surface area (Å²) in [5, 5.41) is 0. The number of aliphatic imine (C=N–C) groups is 1. The van der Waals surface area contributed by atoms with Gasteiger partial charge in [-0.2, -0.15) is 4.99 Å². The van der Waals surface area contributed by atoms with E-state index in [1.807, 2.05) is 88.4 Å². The molecule has 0 N–H and O–H groups in total. The van der Waals surface area contributed by atoms with Gasteiger partial charge >= 0.3 is 5.69 Å². The van der Waals surface area contributed by atoms with Crippen molar-refractivity contribution in [1.82, 2.24) is 8.52 Å². The molecule has 0 bridgehead atoms. The third-order valence-corrected chi connectivity index (χ3v) is 5.22. The Morgan fingerprint density at radius 2 is 1.48 bits per heavy atom. The Labute approximate surface area is 163 Å². The van der Waals surface area contributed by atoms with Gasteiger partial charge in [-0.3, -0.25) is 4.57 Å². The Morgan fingerprint density at radius 3 is 2.04 bits per heavy atom. The molecule has 0 aliphatic heterocycles. The summed E-state index contributed by atoms with van der Waals surface area (Å²) in [6.45, 7) is 7.99. The zero-order chi connectivity index (χ0) is 19.4. The van der Waals surface area contributed by atoms with Crippen molar-refractivity contribution in [3.8, 4) is 0 Å². The highest BCUT2D eigenvalue weighted by Crippen LogP contribution is 2.14. The van der Waals surface area contributed by atoms with Crippen LogP contribution >= 0.6 is 11.5 Å². The molecule has 0 aliphatic carbocycles. The van der Waals surface area contributed by atoms with E-state index in [1.54, 1.807) is 8.52 Å². The fourth-order valence-electron chi connectivity index (χ4n) is 2.66. The molecule has 0 aliphatic rings. The van der Waals surface area contributed by atoms with Crippen LogP contribution in [-0.4, -0.2) is 14.4 Å². The van der Waals surface area contributed by atoms with Gasteiger partial charge in [-0.1, -0.05) is 48.5 Å². The Hall–Kier alpha value is -2.73. The van der Waals surface area contributed by atoms with E-state index in [9.17, 15) is 4.79 Å². The van der Waals surface area contributed by atoms with Gasteiger partial charge < -0.3 is 0 Å². The molecule has 0 radical (unpaired) electrons. The molecule has 0 amide bonds. The zero-order valence-corrected chi connectivity index (χ0v) is 16.9. The molecule has 0 spiro atoms. The quantitative estimate of drug-likeness (QED) is 0.484. The molecule has 0 unspecified atom stereocenters. The van der Waals surface area contributed by atoms with E-state index in [0.29, 0.717) is 10.6 Å². The van der Waals surface area contributed by atoms with Gasteiger partial charge in [-0.05, 0) is 51.4 Å². The molecule has 0 saturated carbocycles. The van der Waals surface area contributed by atoms with Gasteiger partial charge in [0.15, 0.2) is 5.84 Å². The Morgan fingerprint density at radius 1 is 0.889 bits per heavy atom. The molecule has 1 aromatic heterocycles. The minimum Gasteiger partial charge on any atom is -0.265 e. The standard InChI is InChI=1S/C21H24N4OS/c1-15(2)24-20(27-25(16(3)4)21(24)26)23-19(17-11-7-5-8-12-17)22-18-13-9-6-10-14-18/h5-16H,1-4H3. The van der Waals surface area contributed by atoms with Gasteiger partial charge in [0.2, 0.25) is 4.80 Å². The largest absolute Gasteiger partial charge is 0.340 e. The van der Waals surface area contributed by atoms with E-state index in [0.717, 1.165) is 11.3 Å². The first-order valence-corrected chi connectivity index (χ1v) is 9.83. The smallest absolute Gasteiger partial charge is 0.265 e. The summed E-state index contributed by atoms with van der Waals surface area (Å²) >= 11 is 1.38. The van der Waals surface area contributed by atoms with Crippen LogP contribution in [0, 0.1) is 0 Å². The second kappa shape index (κ2) is 8.31.